The summed E-state index contributed by atoms with van der Waals surface area (Å²) in [4.78, 5) is 0. The molecule has 0 saturated carbocycles. The summed E-state index contributed by atoms with van der Waals surface area (Å²) in [7, 11) is 0. The van der Waals surface area contributed by atoms with E-state index in [2.05, 4.69) is 17.5 Å². The van der Waals surface area contributed by atoms with Crippen LogP contribution in [0.25, 0.3) is 0 Å². The van der Waals surface area contributed by atoms with E-state index >= 15 is 0 Å². The predicted molar refractivity (Wildman–Crippen MR) is 52.0 cm³/mol. The van der Waals surface area contributed by atoms with Gasteiger partial charge in [-0.05, 0) is 0 Å². The zero-order chi connectivity index (χ0) is 7.07. The zero-order valence-corrected chi connectivity index (χ0v) is 11.7. The molecule has 1 aromatic rings. The Morgan fingerprint density at radius 3 is 2.33 bits per heavy atom. The van der Waals surface area contributed by atoms with Crippen LogP contribution in [-0.2, 0) is 25.8 Å². The fraction of sp³-hybridized carbons (Fsp3) is 0.111. The molecular formula is C9H9ClHfS-2. The second kappa shape index (κ2) is 11.3. The molecule has 1 aliphatic carbocycles. The number of thiophene rings is 1. The molecule has 64 valence electrons. The average molecular weight is 363 g/mol. The van der Waals surface area contributed by atoms with E-state index in [4.69, 9.17) is 0 Å². The molecule has 0 saturated heterocycles. The van der Waals surface area contributed by atoms with Crippen LogP contribution in [0.2, 0.25) is 0 Å². The number of hydrogen-bond acceptors (Lipinski definition) is 1. The minimum atomic E-state index is 0. The largest absolute Gasteiger partial charge is 0.304 e. The summed E-state index contributed by atoms with van der Waals surface area (Å²) in [5, 5.41) is 4.89. The van der Waals surface area contributed by atoms with E-state index in [1.807, 2.05) is 29.7 Å². The Kier molecular flexibility index (Phi) is 14.0. The molecule has 0 aromatic carbocycles. The summed E-state index contributed by atoms with van der Waals surface area (Å²) in [6.45, 7) is 0. The molecule has 1 aliphatic rings. The third-order valence-corrected chi connectivity index (χ3v) is 1.53. The van der Waals surface area contributed by atoms with Gasteiger partial charge in [0.1, 0.15) is 0 Å². The monoisotopic (exact) mass is 364 g/mol. The fourth-order valence-corrected chi connectivity index (χ4v) is 0.929. The van der Waals surface area contributed by atoms with Crippen molar-refractivity contribution in [2.75, 3.05) is 0 Å². The van der Waals surface area contributed by atoms with Gasteiger partial charge in [0.25, 0.3) is 0 Å². The van der Waals surface area contributed by atoms with E-state index in [-0.39, 0.29) is 38.3 Å². The molecule has 0 aliphatic heterocycles. The minimum Gasteiger partial charge on any atom is -0.304 e. The van der Waals surface area contributed by atoms with Crippen molar-refractivity contribution < 1.29 is 25.8 Å². The Morgan fingerprint density at radius 1 is 1.33 bits per heavy atom. The molecule has 1 heterocycles. The van der Waals surface area contributed by atoms with Crippen LogP contribution < -0.4 is 0 Å². The summed E-state index contributed by atoms with van der Waals surface area (Å²) in [5.74, 6) is 0. The van der Waals surface area contributed by atoms with Crippen LogP contribution >= 0.6 is 23.7 Å². The predicted octanol–water partition coefficient (Wildman–Crippen LogP) is 3.27. The van der Waals surface area contributed by atoms with E-state index in [1.165, 1.54) is 0 Å². The summed E-state index contributed by atoms with van der Waals surface area (Å²) < 4.78 is 0. The molecule has 0 radical (unpaired) electrons. The maximum Gasteiger partial charge on any atom is 0 e. The van der Waals surface area contributed by atoms with Gasteiger partial charge in [0, 0.05) is 25.8 Å². The summed E-state index contributed by atoms with van der Waals surface area (Å²) >= 11 is 1.59. The van der Waals surface area contributed by atoms with Gasteiger partial charge < -0.3 is 11.3 Å². The third kappa shape index (κ3) is 8.44. The molecule has 0 amide bonds. The van der Waals surface area contributed by atoms with E-state index < -0.39 is 0 Å². The first-order valence-electron chi connectivity index (χ1n) is 3.11. The Bertz CT molecular complexity index is 177. The summed E-state index contributed by atoms with van der Waals surface area (Å²) in [5.41, 5.74) is 0. The Morgan fingerprint density at radius 2 is 2.17 bits per heavy atom. The topological polar surface area (TPSA) is 0 Å². The van der Waals surface area contributed by atoms with Crippen LogP contribution in [-0.4, -0.2) is 0 Å². The molecule has 0 atom stereocenters. The van der Waals surface area contributed by atoms with Crippen molar-refractivity contribution >= 4 is 23.7 Å². The van der Waals surface area contributed by atoms with Gasteiger partial charge in [-0.1, -0.05) is 0 Å². The Labute approximate surface area is 103 Å². The summed E-state index contributed by atoms with van der Waals surface area (Å²) in [6.07, 6.45) is 10.0. The van der Waals surface area contributed by atoms with Crippen LogP contribution in [0.1, 0.15) is 6.42 Å². The van der Waals surface area contributed by atoms with Gasteiger partial charge in [-0.2, -0.15) is 17.5 Å². The van der Waals surface area contributed by atoms with Gasteiger partial charge in [0.05, 0.1) is 0 Å². The molecule has 1 aromatic heterocycles. The first kappa shape index (κ1) is 14.8. The molecule has 0 nitrogen and oxygen atoms in total. The standard InChI is InChI=1S/C5H5.C4H3S.ClH.Hf/c2*1-2-4-5-3-1;;/h1-3H,4H2;1-3H;1H;/q2*-1;;. The van der Waals surface area contributed by atoms with Crippen LogP contribution in [0, 0.1) is 11.5 Å². The molecule has 0 spiro atoms. The van der Waals surface area contributed by atoms with Crippen molar-refractivity contribution in [1.82, 2.24) is 0 Å². The molecular weight excluding hydrogens is 354 g/mol. The van der Waals surface area contributed by atoms with Gasteiger partial charge in [0.2, 0.25) is 0 Å². The van der Waals surface area contributed by atoms with Crippen molar-refractivity contribution in [3.05, 3.63) is 47.2 Å². The minimum absolute atomic E-state index is 0. The molecule has 2 rings (SSSR count). The van der Waals surface area contributed by atoms with Gasteiger partial charge in [-0.25, -0.2) is 18.2 Å². The van der Waals surface area contributed by atoms with Crippen LogP contribution in [0.5, 0.6) is 0 Å². The molecule has 0 N–H and O–H groups in total. The average Bonchev–Trinajstić information content (AvgIpc) is 2.67. The Balaban J connectivity index is 0. The van der Waals surface area contributed by atoms with Crippen molar-refractivity contribution in [2.45, 2.75) is 6.42 Å². The molecule has 0 unspecified atom stereocenters. The maximum absolute atomic E-state index is 2.99. The quantitative estimate of drug-likeness (QED) is 0.490. The van der Waals surface area contributed by atoms with Gasteiger partial charge >= 0.3 is 0 Å². The fourth-order valence-electron chi connectivity index (χ4n) is 0.537. The van der Waals surface area contributed by atoms with Crippen molar-refractivity contribution in [2.24, 2.45) is 0 Å². The number of rotatable bonds is 0. The molecule has 0 fully saturated rings. The van der Waals surface area contributed by atoms with E-state index in [0.717, 1.165) is 6.42 Å². The van der Waals surface area contributed by atoms with E-state index in [0.29, 0.717) is 0 Å². The SMILES string of the molecule is Cl.[C-]1=CC=CC1.[Hf].[c-]1cccs1. The second-order valence-corrected chi connectivity index (χ2v) is 2.48. The van der Waals surface area contributed by atoms with Crippen LogP contribution in [0.15, 0.2) is 35.7 Å². The van der Waals surface area contributed by atoms with Crippen molar-refractivity contribution in [1.29, 1.82) is 0 Å². The molecule has 3 heteroatoms. The van der Waals surface area contributed by atoms with Crippen molar-refractivity contribution in [3.63, 3.8) is 0 Å². The number of allylic oxidation sites excluding steroid dienone is 4. The zero-order valence-electron chi connectivity index (χ0n) is 6.49. The molecule has 12 heavy (non-hydrogen) atoms. The van der Waals surface area contributed by atoms with Gasteiger partial charge in [0.15, 0.2) is 0 Å². The second-order valence-electron chi connectivity index (χ2n) is 1.73. The van der Waals surface area contributed by atoms with Gasteiger partial charge in [-0.15, -0.1) is 24.2 Å². The van der Waals surface area contributed by atoms with Gasteiger partial charge in [-0.3, -0.25) is 6.08 Å². The first-order chi connectivity index (χ1) is 5.00. The third-order valence-electron chi connectivity index (χ3n) is 0.965. The van der Waals surface area contributed by atoms with Crippen LogP contribution in [0.4, 0.5) is 0 Å². The smallest absolute Gasteiger partial charge is 0 e. The number of hydrogen-bond donors (Lipinski definition) is 0. The number of halogens is 1. The van der Waals surface area contributed by atoms with Crippen LogP contribution in [0.3, 0.4) is 0 Å². The molecule has 0 bridgehead atoms. The van der Waals surface area contributed by atoms with E-state index in [1.54, 1.807) is 11.3 Å². The van der Waals surface area contributed by atoms with Crippen molar-refractivity contribution in [3.8, 4) is 0 Å². The van der Waals surface area contributed by atoms with E-state index in [9.17, 15) is 0 Å². The summed E-state index contributed by atoms with van der Waals surface area (Å²) in [6, 6.07) is 3.86. The maximum atomic E-state index is 2.99. The normalized spacial score (nSPS) is 10.7. The first-order valence-corrected chi connectivity index (χ1v) is 3.99. The Hall–Kier alpha value is 0.340.